The second kappa shape index (κ2) is 13.7. The SMILES string of the molecule is COc1cc(N(CCC2=CC=CN(CCCC(=O)O)C=C2)C(C)=O)ccc1NC(=O)Nc1ccccc1C. The molecule has 0 saturated carbocycles. The maximum atomic E-state index is 12.6. The Morgan fingerprint density at radius 1 is 1.05 bits per heavy atom. The van der Waals surface area contributed by atoms with Crippen LogP contribution in [-0.4, -0.2) is 48.1 Å². The lowest BCUT2D eigenvalue weighted by Gasteiger charge is -2.23. The fourth-order valence-electron chi connectivity index (χ4n) is 3.95. The largest absolute Gasteiger partial charge is 0.494 e. The maximum absolute atomic E-state index is 12.6. The molecule has 9 heteroatoms. The van der Waals surface area contributed by atoms with Crippen molar-refractivity contribution in [3.8, 4) is 5.75 Å². The minimum atomic E-state index is -0.804. The molecule has 0 saturated heterocycles. The summed E-state index contributed by atoms with van der Waals surface area (Å²) in [5, 5.41) is 14.5. The van der Waals surface area contributed by atoms with Crippen molar-refractivity contribution in [3.63, 3.8) is 0 Å². The van der Waals surface area contributed by atoms with Gasteiger partial charge in [-0.3, -0.25) is 9.59 Å². The van der Waals surface area contributed by atoms with Crippen molar-refractivity contribution in [2.75, 3.05) is 35.7 Å². The first kappa shape index (κ1) is 28.0. The summed E-state index contributed by atoms with van der Waals surface area (Å²) in [6.07, 6.45) is 11.0. The quantitative estimate of drug-likeness (QED) is 0.361. The summed E-state index contributed by atoms with van der Waals surface area (Å²) in [4.78, 5) is 39.4. The standard InChI is InChI=1S/C29H34N4O5/c1-21-8-4-5-10-25(21)30-29(37)31-26-13-12-24(20-27(26)38-3)33(22(2)34)19-15-23-9-6-16-32(18-14-23)17-7-11-28(35)36/h4-6,8-10,12-14,16,18,20H,7,11,15,17,19H2,1-3H3,(H,35,36)(H2,30,31,37). The number of ether oxygens (including phenoxy) is 1. The van der Waals surface area contributed by atoms with Gasteiger partial charge in [0.05, 0.1) is 12.8 Å². The lowest BCUT2D eigenvalue weighted by atomic mass is 10.1. The molecule has 2 aromatic rings. The molecule has 1 aliphatic rings. The summed E-state index contributed by atoms with van der Waals surface area (Å²) in [5.74, 6) is -0.488. The Morgan fingerprint density at radius 3 is 2.53 bits per heavy atom. The number of hydrogen-bond donors (Lipinski definition) is 3. The van der Waals surface area contributed by atoms with Crippen molar-refractivity contribution in [1.82, 2.24) is 4.90 Å². The molecule has 0 spiro atoms. The monoisotopic (exact) mass is 518 g/mol. The molecular formula is C29H34N4O5. The van der Waals surface area contributed by atoms with Crippen LogP contribution in [-0.2, 0) is 9.59 Å². The third kappa shape index (κ3) is 8.26. The first-order chi connectivity index (χ1) is 18.3. The second-order valence-corrected chi connectivity index (χ2v) is 8.83. The van der Waals surface area contributed by atoms with Gasteiger partial charge in [-0.25, -0.2) is 4.79 Å². The zero-order valence-electron chi connectivity index (χ0n) is 21.9. The zero-order valence-corrected chi connectivity index (χ0v) is 21.9. The lowest BCUT2D eigenvalue weighted by molar-refractivity contribution is -0.137. The predicted molar refractivity (Wildman–Crippen MR) is 149 cm³/mol. The Kier molecular flexibility index (Phi) is 10.1. The number of para-hydroxylation sites is 1. The van der Waals surface area contributed by atoms with Gasteiger partial charge < -0.3 is 30.3 Å². The average molecular weight is 519 g/mol. The molecule has 0 fully saturated rings. The summed E-state index contributed by atoms with van der Waals surface area (Å²) in [6, 6.07) is 12.3. The van der Waals surface area contributed by atoms with Crippen molar-refractivity contribution >= 4 is 35.0 Å². The topological polar surface area (TPSA) is 111 Å². The molecule has 1 aliphatic heterocycles. The van der Waals surface area contributed by atoms with Gasteiger partial charge in [0.25, 0.3) is 0 Å². The van der Waals surface area contributed by atoms with Gasteiger partial charge in [0.15, 0.2) is 0 Å². The fraction of sp³-hybridized carbons (Fsp3) is 0.276. The number of allylic oxidation sites excluding steroid dienone is 3. The molecule has 200 valence electrons. The summed E-state index contributed by atoms with van der Waals surface area (Å²) in [7, 11) is 1.51. The minimum absolute atomic E-state index is 0.117. The van der Waals surface area contributed by atoms with E-state index in [0.717, 1.165) is 11.1 Å². The van der Waals surface area contributed by atoms with Crippen LogP contribution < -0.4 is 20.3 Å². The third-order valence-corrected chi connectivity index (χ3v) is 6.02. The Hall–Kier alpha value is -4.53. The van der Waals surface area contributed by atoms with Gasteiger partial charge in [-0.15, -0.1) is 0 Å². The van der Waals surface area contributed by atoms with Crippen molar-refractivity contribution < 1.29 is 24.2 Å². The van der Waals surface area contributed by atoms with Crippen LogP contribution in [0.3, 0.4) is 0 Å². The van der Waals surface area contributed by atoms with E-state index in [4.69, 9.17) is 9.84 Å². The highest BCUT2D eigenvalue weighted by Gasteiger charge is 2.16. The van der Waals surface area contributed by atoms with E-state index in [2.05, 4.69) is 10.6 Å². The summed E-state index contributed by atoms with van der Waals surface area (Å²) < 4.78 is 5.51. The van der Waals surface area contributed by atoms with E-state index in [-0.39, 0.29) is 12.3 Å². The van der Waals surface area contributed by atoms with Gasteiger partial charge in [-0.2, -0.15) is 0 Å². The number of carbonyl (C=O) groups excluding carboxylic acids is 2. The first-order valence-electron chi connectivity index (χ1n) is 12.4. The first-order valence-corrected chi connectivity index (χ1v) is 12.4. The molecule has 0 radical (unpaired) electrons. The van der Waals surface area contributed by atoms with Crippen molar-refractivity contribution in [3.05, 3.63) is 84.2 Å². The lowest BCUT2D eigenvalue weighted by Crippen LogP contribution is -2.29. The van der Waals surface area contributed by atoms with Crippen molar-refractivity contribution in [2.45, 2.75) is 33.1 Å². The predicted octanol–water partition coefficient (Wildman–Crippen LogP) is 5.52. The summed E-state index contributed by atoms with van der Waals surface area (Å²) in [6.45, 7) is 4.48. The summed E-state index contributed by atoms with van der Waals surface area (Å²) >= 11 is 0. The number of carboxylic acids is 1. The number of methoxy groups -OCH3 is 1. The highest BCUT2D eigenvalue weighted by Crippen LogP contribution is 2.31. The number of hydrogen-bond acceptors (Lipinski definition) is 5. The molecule has 0 aliphatic carbocycles. The van der Waals surface area contributed by atoms with Gasteiger partial charge >= 0.3 is 12.0 Å². The number of aryl methyl sites for hydroxylation is 1. The van der Waals surface area contributed by atoms with Gasteiger partial charge in [-0.1, -0.05) is 24.3 Å². The molecule has 3 N–H and O–H groups in total. The van der Waals surface area contributed by atoms with Crippen LogP contribution in [0.5, 0.6) is 5.75 Å². The van der Waals surface area contributed by atoms with Crippen LogP contribution >= 0.6 is 0 Å². The van der Waals surface area contributed by atoms with Gasteiger partial charge in [0.2, 0.25) is 5.91 Å². The minimum Gasteiger partial charge on any atom is -0.494 e. The Morgan fingerprint density at radius 2 is 1.82 bits per heavy atom. The number of anilines is 3. The second-order valence-electron chi connectivity index (χ2n) is 8.83. The Balaban J connectivity index is 1.64. The molecule has 38 heavy (non-hydrogen) atoms. The Labute approximate surface area is 223 Å². The third-order valence-electron chi connectivity index (χ3n) is 6.02. The van der Waals surface area contributed by atoms with Crippen LogP contribution in [0.1, 0.15) is 31.7 Å². The Bertz CT molecular complexity index is 1250. The van der Waals surface area contributed by atoms with Gasteiger partial charge in [0.1, 0.15) is 5.75 Å². The molecule has 0 atom stereocenters. The number of amides is 3. The molecule has 9 nitrogen and oxygen atoms in total. The molecule has 3 amide bonds. The number of benzene rings is 2. The fourth-order valence-corrected chi connectivity index (χ4v) is 3.95. The number of carbonyl (C=O) groups is 3. The number of carboxylic acid groups (broad SMARTS) is 1. The zero-order chi connectivity index (χ0) is 27.5. The normalized spacial score (nSPS) is 12.4. The molecule has 0 aromatic heterocycles. The molecule has 1 heterocycles. The van der Waals surface area contributed by atoms with Crippen molar-refractivity contribution in [1.29, 1.82) is 0 Å². The van der Waals surface area contributed by atoms with E-state index >= 15 is 0 Å². The van der Waals surface area contributed by atoms with E-state index in [0.29, 0.717) is 48.7 Å². The van der Waals surface area contributed by atoms with E-state index in [1.54, 1.807) is 23.1 Å². The molecule has 0 bridgehead atoms. The van der Waals surface area contributed by atoms with Crippen LogP contribution in [0, 0.1) is 6.92 Å². The van der Waals surface area contributed by atoms with Crippen molar-refractivity contribution in [2.24, 2.45) is 0 Å². The molecule has 0 unspecified atom stereocenters. The van der Waals surface area contributed by atoms with Gasteiger partial charge in [0, 0.05) is 56.3 Å². The molecule has 2 aromatic carbocycles. The number of urea groups is 1. The maximum Gasteiger partial charge on any atom is 0.323 e. The van der Waals surface area contributed by atoms with Crippen LogP contribution in [0.4, 0.5) is 21.9 Å². The number of aliphatic carboxylic acids is 1. The highest BCUT2D eigenvalue weighted by molar-refractivity contribution is 6.01. The smallest absolute Gasteiger partial charge is 0.323 e. The van der Waals surface area contributed by atoms with E-state index in [1.165, 1.54) is 14.0 Å². The highest BCUT2D eigenvalue weighted by atomic mass is 16.5. The molecular weight excluding hydrogens is 484 g/mol. The van der Waals surface area contributed by atoms with E-state index in [9.17, 15) is 14.4 Å². The van der Waals surface area contributed by atoms with Crippen LogP contribution in [0.15, 0.2) is 78.7 Å². The molecule has 3 rings (SSSR count). The van der Waals surface area contributed by atoms with E-state index < -0.39 is 12.0 Å². The van der Waals surface area contributed by atoms with Crippen LogP contribution in [0.2, 0.25) is 0 Å². The number of nitrogens with zero attached hydrogens (tertiary/aromatic N) is 2. The number of rotatable bonds is 11. The number of nitrogens with one attached hydrogen (secondary N) is 2. The average Bonchev–Trinajstić information content (AvgIpc) is 3.11. The van der Waals surface area contributed by atoms with Gasteiger partial charge in [-0.05, 0) is 61.3 Å². The van der Waals surface area contributed by atoms with E-state index in [1.807, 2.05) is 66.7 Å². The summed E-state index contributed by atoms with van der Waals surface area (Å²) in [5.41, 5.74) is 3.83. The van der Waals surface area contributed by atoms with Crippen LogP contribution in [0.25, 0.3) is 0 Å².